The molecule has 1 aromatic carbocycles. The third kappa shape index (κ3) is 7.19. The lowest BCUT2D eigenvalue weighted by molar-refractivity contribution is -0.139. The monoisotopic (exact) mass is 755 g/mol. The van der Waals surface area contributed by atoms with E-state index < -0.39 is 44.8 Å². The number of sulfonamides is 1. The molecule has 0 unspecified atom stereocenters. The second-order valence-electron chi connectivity index (χ2n) is 14.2. The van der Waals surface area contributed by atoms with Crippen LogP contribution in [0, 0.1) is 5.92 Å². The molecule has 3 fully saturated rings. The molecule has 2 N–H and O–H groups in total. The van der Waals surface area contributed by atoms with Gasteiger partial charge in [-0.1, -0.05) is 44.0 Å². The average molecular weight is 756 g/mol. The fourth-order valence-corrected chi connectivity index (χ4v) is 9.50. The summed E-state index contributed by atoms with van der Waals surface area (Å²) in [5, 5.41) is 5.97. The third-order valence-corrected chi connectivity index (χ3v) is 13.2. The Bertz CT molecular complexity index is 2010. The number of thiazole rings is 1. The number of amides is 3. The topological polar surface area (TPSA) is 157 Å². The summed E-state index contributed by atoms with van der Waals surface area (Å²) in [5.41, 5.74) is 0.562. The van der Waals surface area contributed by atoms with E-state index in [-0.39, 0.29) is 43.6 Å². The first-order valence-corrected chi connectivity index (χ1v) is 20.3. The van der Waals surface area contributed by atoms with Crippen LogP contribution in [0.2, 0.25) is 5.02 Å². The van der Waals surface area contributed by atoms with Gasteiger partial charge in [-0.15, -0.1) is 11.3 Å². The number of nitrogens with one attached hydrogen (secondary N) is 2. The van der Waals surface area contributed by atoms with Gasteiger partial charge in [0.15, 0.2) is 0 Å². The molecular formula is C36H42ClN5O7S2. The molecule has 4 heterocycles. The van der Waals surface area contributed by atoms with Crippen LogP contribution < -0.4 is 19.5 Å². The number of fused-ring (bicyclic) bond motifs is 3. The Morgan fingerprint density at radius 3 is 2.69 bits per heavy atom. The van der Waals surface area contributed by atoms with Crippen LogP contribution in [0.25, 0.3) is 21.6 Å². The highest BCUT2D eigenvalue weighted by Gasteiger charge is 2.62. The summed E-state index contributed by atoms with van der Waals surface area (Å²) < 4.78 is 39.8. The Hall–Kier alpha value is -3.75. The van der Waals surface area contributed by atoms with Crippen molar-refractivity contribution in [2.75, 3.05) is 13.7 Å². The SMILES string of the molecule is COc1ccc2c(O[C@@H]3C[C@H]4C(=O)N[C@]5(C(=O)NS(=O)(=O)C6CC6)C[C@H]5/C=C\CCCCCC(=O)N4C3)cc(-c3nc(C(C)C)cs3)nc2c1Cl. The van der Waals surface area contributed by atoms with E-state index >= 15 is 0 Å². The minimum absolute atomic E-state index is 0.146. The number of carbonyl (C=O) groups is 3. The first-order chi connectivity index (χ1) is 24.4. The van der Waals surface area contributed by atoms with Gasteiger partial charge < -0.3 is 19.7 Å². The van der Waals surface area contributed by atoms with E-state index in [0.29, 0.717) is 57.4 Å². The highest BCUT2D eigenvalue weighted by Crippen LogP contribution is 2.46. The van der Waals surface area contributed by atoms with Crippen molar-refractivity contribution in [1.29, 1.82) is 0 Å². The predicted octanol–water partition coefficient (Wildman–Crippen LogP) is 5.50. The van der Waals surface area contributed by atoms with Gasteiger partial charge in [-0.25, -0.2) is 18.4 Å². The summed E-state index contributed by atoms with van der Waals surface area (Å²) in [6.45, 7) is 4.29. The van der Waals surface area contributed by atoms with Gasteiger partial charge in [0.05, 0.1) is 30.1 Å². The molecule has 0 radical (unpaired) electrons. The molecule has 0 bridgehead atoms. The lowest BCUT2D eigenvalue weighted by Crippen LogP contribution is -2.56. The molecule has 4 atom stereocenters. The number of hydrogen-bond acceptors (Lipinski definition) is 10. The van der Waals surface area contributed by atoms with Gasteiger partial charge in [0.2, 0.25) is 21.8 Å². The van der Waals surface area contributed by atoms with Crippen molar-refractivity contribution in [3.63, 3.8) is 0 Å². The summed E-state index contributed by atoms with van der Waals surface area (Å²) in [7, 11) is -2.30. The molecular weight excluding hydrogens is 714 g/mol. The summed E-state index contributed by atoms with van der Waals surface area (Å²) in [6.07, 6.45) is 8.15. The summed E-state index contributed by atoms with van der Waals surface area (Å²) in [4.78, 5) is 52.6. The highest BCUT2D eigenvalue weighted by molar-refractivity contribution is 7.91. The molecule has 2 aliphatic carbocycles. The van der Waals surface area contributed by atoms with E-state index in [2.05, 4.69) is 23.9 Å². The van der Waals surface area contributed by atoms with Crippen LogP contribution in [0.3, 0.4) is 0 Å². The number of ether oxygens (including phenoxy) is 2. The predicted molar refractivity (Wildman–Crippen MR) is 194 cm³/mol. The van der Waals surface area contributed by atoms with Crippen molar-refractivity contribution < 1.29 is 32.3 Å². The number of aromatic nitrogens is 2. The Labute approximate surface area is 306 Å². The van der Waals surface area contributed by atoms with Crippen molar-refractivity contribution >= 4 is 61.6 Å². The number of allylic oxidation sites excluding steroid dienone is 1. The molecule has 0 spiro atoms. The first-order valence-electron chi connectivity index (χ1n) is 17.5. The Morgan fingerprint density at radius 1 is 1.16 bits per heavy atom. The lowest BCUT2D eigenvalue weighted by atomic mass is 10.1. The molecule has 2 aliphatic heterocycles. The summed E-state index contributed by atoms with van der Waals surface area (Å²) in [6, 6.07) is 4.44. The molecule has 51 heavy (non-hydrogen) atoms. The van der Waals surface area contributed by atoms with Crippen LogP contribution in [-0.4, -0.2) is 77.6 Å². The van der Waals surface area contributed by atoms with Crippen LogP contribution in [0.1, 0.15) is 83.2 Å². The van der Waals surface area contributed by atoms with Crippen molar-refractivity contribution in [2.45, 2.75) is 100 Å². The molecule has 4 aliphatic rings. The van der Waals surface area contributed by atoms with Gasteiger partial charge in [0, 0.05) is 35.6 Å². The minimum atomic E-state index is -3.83. The van der Waals surface area contributed by atoms with Crippen LogP contribution in [0.15, 0.2) is 35.7 Å². The molecule has 15 heteroatoms. The molecule has 272 valence electrons. The number of carbonyl (C=O) groups excluding carboxylic acids is 3. The third-order valence-electron chi connectivity index (χ3n) is 10.2. The summed E-state index contributed by atoms with van der Waals surface area (Å²) >= 11 is 8.24. The van der Waals surface area contributed by atoms with Gasteiger partial charge in [-0.2, -0.15) is 0 Å². The second kappa shape index (κ2) is 14.0. The number of rotatable bonds is 8. The molecule has 1 saturated heterocycles. The fraction of sp³-hybridized carbons (Fsp3) is 0.528. The van der Waals surface area contributed by atoms with Crippen molar-refractivity contribution in [2.24, 2.45) is 5.92 Å². The van der Waals surface area contributed by atoms with Crippen LogP contribution in [0.5, 0.6) is 11.5 Å². The maximum absolute atomic E-state index is 14.1. The van der Waals surface area contributed by atoms with E-state index in [1.54, 1.807) is 11.0 Å². The average Bonchev–Trinajstić information content (AvgIpc) is 3.97. The van der Waals surface area contributed by atoms with E-state index in [1.165, 1.54) is 18.4 Å². The van der Waals surface area contributed by atoms with Crippen molar-refractivity contribution in [1.82, 2.24) is 24.9 Å². The normalized spacial score (nSPS) is 26.2. The molecule has 7 rings (SSSR count). The van der Waals surface area contributed by atoms with Crippen molar-refractivity contribution in [3.8, 4) is 22.2 Å². The maximum atomic E-state index is 14.1. The molecule has 2 aromatic heterocycles. The Balaban J connectivity index is 1.19. The number of methoxy groups -OCH3 is 1. The maximum Gasteiger partial charge on any atom is 0.259 e. The van der Waals surface area contributed by atoms with E-state index in [1.807, 2.05) is 29.7 Å². The van der Waals surface area contributed by atoms with Crippen LogP contribution in [-0.2, 0) is 24.4 Å². The largest absolute Gasteiger partial charge is 0.495 e. The number of pyridine rings is 1. The minimum Gasteiger partial charge on any atom is -0.495 e. The molecule has 12 nitrogen and oxygen atoms in total. The number of hydrogen-bond donors (Lipinski definition) is 2. The zero-order valence-electron chi connectivity index (χ0n) is 28.8. The molecule has 3 aromatic rings. The van der Waals surface area contributed by atoms with Gasteiger partial charge in [-0.05, 0) is 56.6 Å². The molecule has 3 amide bonds. The fourth-order valence-electron chi connectivity index (χ4n) is 6.92. The second-order valence-corrected chi connectivity index (χ2v) is 17.4. The van der Waals surface area contributed by atoms with Crippen molar-refractivity contribution in [3.05, 3.63) is 46.4 Å². The van der Waals surface area contributed by atoms with Crippen LogP contribution >= 0.6 is 22.9 Å². The lowest BCUT2D eigenvalue weighted by Gasteiger charge is -2.26. The Morgan fingerprint density at radius 2 is 1.96 bits per heavy atom. The number of benzene rings is 1. The van der Waals surface area contributed by atoms with E-state index in [0.717, 1.165) is 25.0 Å². The number of halogens is 1. The van der Waals surface area contributed by atoms with Gasteiger partial charge >= 0.3 is 0 Å². The zero-order chi connectivity index (χ0) is 36.1. The first kappa shape index (κ1) is 35.6. The van der Waals surface area contributed by atoms with Crippen LogP contribution in [0.4, 0.5) is 0 Å². The quantitative estimate of drug-likeness (QED) is 0.284. The standard InChI is InChI=1S/C36H42ClN5O7S2/c1-20(2)26-19-50-34(39-26)25-16-29(24-13-14-28(48-3)31(37)32(24)38-25)49-22-15-27-33(44)40-36(35(45)41-51(46,47)23-11-12-23)17-21(36)9-7-5-4-6-8-10-30(43)42(27)18-22/h7,9,13-14,16,19-23,27H,4-6,8,10-12,15,17-18H2,1-3H3,(H,40,44)(H,41,45)/b9-7-/t21-,22-,27+,36-/m1/s1. The smallest absolute Gasteiger partial charge is 0.259 e. The highest BCUT2D eigenvalue weighted by atomic mass is 35.5. The molecule has 2 saturated carbocycles. The van der Waals surface area contributed by atoms with E-state index in [4.69, 9.17) is 31.0 Å². The van der Waals surface area contributed by atoms with Gasteiger partial charge in [0.1, 0.15) is 44.9 Å². The Kier molecular flexibility index (Phi) is 9.78. The van der Waals surface area contributed by atoms with Gasteiger partial charge in [0.25, 0.3) is 5.91 Å². The summed E-state index contributed by atoms with van der Waals surface area (Å²) in [5.74, 6) is -0.629. The van der Waals surface area contributed by atoms with Gasteiger partial charge in [-0.3, -0.25) is 19.1 Å². The number of nitrogens with zero attached hydrogens (tertiary/aromatic N) is 3. The van der Waals surface area contributed by atoms with E-state index in [9.17, 15) is 22.8 Å². The zero-order valence-corrected chi connectivity index (χ0v) is 31.2.